The van der Waals surface area contributed by atoms with E-state index in [9.17, 15) is 19.7 Å². The van der Waals surface area contributed by atoms with Crippen LogP contribution < -0.4 is 10.6 Å². The highest BCUT2D eigenvalue weighted by atomic mass is 32.1. The molecule has 9 nitrogen and oxygen atoms in total. The standard InChI is InChI=1S/C23H21N3O6S/c24-21(27)16-6-7-17(19(12-16)26(29)30)14-32-23(28)20-13-18(15-4-2-1-3-5-15)22(33-20)25-8-10-31-11-9-25/h1-7,12-13H,8-11,14H2,(H2,24,27). The van der Waals surface area contributed by atoms with Crippen LogP contribution in [0.4, 0.5) is 10.7 Å². The maximum absolute atomic E-state index is 12.9. The van der Waals surface area contributed by atoms with Gasteiger partial charge in [0, 0.05) is 30.3 Å². The molecule has 3 aromatic rings. The SMILES string of the molecule is NC(=O)c1ccc(COC(=O)c2cc(-c3ccccc3)c(N3CCOCC3)s2)c([N+](=O)[O-])c1. The predicted octanol–water partition coefficient (Wildman–Crippen LogP) is 3.62. The molecule has 1 fully saturated rings. The third kappa shape index (κ3) is 5.02. The summed E-state index contributed by atoms with van der Waals surface area (Å²) in [6.45, 7) is 2.34. The number of carbonyl (C=O) groups is 2. The fourth-order valence-electron chi connectivity index (χ4n) is 3.53. The smallest absolute Gasteiger partial charge is 0.348 e. The molecule has 10 heteroatoms. The summed E-state index contributed by atoms with van der Waals surface area (Å²) < 4.78 is 10.9. The van der Waals surface area contributed by atoms with Crippen LogP contribution in [0.3, 0.4) is 0 Å². The number of rotatable bonds is 7. The molecule has 1 saturated heterocycles. The Kier molecular flexibility index (Phi) is 6.66. The molecule has 0 saturated carbocycles. The number of nitrogens with zero attached hydrogens (tertiary/aromatic N) is 2. The second-order valence-corrected chi connectivity index (χ2v) is 8.37. The Morgan fingerprint density at radius 3 is 2.52 bits per heavy atom. The monoisotopic (exact) mass is 467 g/mol. The molecule has 2 aromatic carbocycles. The fraction of sp³-hybridized carbons (Fsp3) is 0.217. The van der Waals surface area contributed by atoms with Gasteiger partial charge in [-0.05, 0) is 23.8 Å². The highest BCUT2D eigenvalue weighted by molar-refractivity contribution is 7.18. The van der Waals surface area contributed by atoms with Crippen molar-refractivity contribution in [3.63, 3.8) is 0 Å². The van der Waals surface area contributed by atoms with E-state index in [0.29, 0.717) is 31.2 Å². The van der Waals surface area contributed by atoms with E-state index in [4.69, 9.17) is 15.2 Å². The molecule has 0 unspecified atom stereocenters. The normalized spacial score (nSPS) is 13.5. The van der Waals surface area contributed by atoms with Crippen LogP contribution in [0.1, 0.15) is 25.6 Å². The van der Waals surface area contributed by atoms with Crippen LogP contribution in [0, 0.1) is 10.1 Å². The third-order valence-corrected chi connectivity index (χ3v) is 6.40. The topological polar surface area (TPSA) is 125 Å². The Labute approximate surface area is 193 Å². The molecule has 1 aliphatic heterocycles. The van der Waals surface area contributed by atoms with Crippen molar-refractivity contribution in [2.45, 2.75) is 6.61 Å². The molecule has 2 N–H and O–H groups in total. The second kappa shape index (κ2) is 9.80. The van der Waals surface area contributed by atoms with Gasteiger partial charge in [-0.1, -0.05) is 30.3 Å². The zero-order valence-electron chi connectivity index (χ0n) is 17.6. The molecule has 4 rings (SSSR count). The molecule has 0 bridgehead atoms. The van der Waals surface area contributed by atoms with Crippen LogP contribution in [-0.2, 0) is 16.1 Å². The number of morpholine rings is 1. The van der Waals surface area contributed by atoms with Gasteiger partial charge in [-0.3, -0.25) is 14.9 Å². The number of anilines is 1. The van der Waals surface area contributed by atoms with Gasteiger partial charge < -0.3 is 20.1 Å². The van der Waals surface area contributed by atoms with Crippen molar-refractivity contribution in [3.05, 3.63) is 80.7 Å². The number of carbonyl (C=O) groups excluding carboxylic acids is 2. The van der Waals surface area contributed by atoms with E-state index in [2.05, 4.69) is 4.90 Å². The van der Waals surface area contributed by atoms with Gasteiger partial charge in [-0.2, -0.15) is 0 Å². The van der Waals surface area contributed by atoms with E-state index in [0.717, 1.165) is 22.2 Å². The number of thiophene rings is 1. The molecule has 0 aliphatic carbocycles. The Morgan fingerprint density at radius 1 is 1.12 bits per heavy atom. The average Bonchev–Trinajstić information content (AvgIpc) is 3.29. The van der Waals surface area contributed by atoms with Crippen molar-refractivity contribution < 1.29 is 24.0 Å². The minimum Gasteiger partial charge on any atom is -0.456 e. The summed E-state index contributed by atoms with van der Waals surface area (Å²) in [7, 11) is 0. The number of nitro benzene ring substituents is 1. The zero-order chi connectivity index (χ0) is 23.4. The lowest BCUT2D eigenvalue weighted by Crippen LogP contribution is -2.35. The van der Waals surface area contributed by atoms with Gasteiger partial charge in [0.05, 0.1) is 28.7 Å². The van der Waals surface area contributed by atoms with Crippen LogP contribution in [0.25, 0.3) is 11.1 Å². The quantitative estimate of drug-likeness (QED) is 0.320. The Balaban J connectivity index is 1.58. The molecule has 0 radical (unpaired) electrons. The molecule has 1 aliphatic rings. The number of hydrogen-bond acceptors (Lipinski definition) is 8. The summed E-state index contributed by atoms with van der Waals surface area (Å²) in [6.07, 6.45) is 0. The molecular weight excluding hydrogens is 446 g/mol. The largest absolute Gasteiger partial charge is 0.456 e. The van der Waals surface area contributed by atoms with Gasteiger partial charge in [0.2, 0.25) is 5.91 Å². The van der Waals surface area contributed by atoms with Gasteiger partial charge in [-0.25, -0.2) is 4.79 Å². The molecule has 33 heavy (non-hydrogen) atoms. The fourth-order valence-corrected chi connectivity index (χ4v) is 4.66. The summed E-state index contributed by atoms with van der Waals surface area (Å²) in [5.41, 5.74) is 6.96. The van der Waals surface area contributed by atoms with Crippen molar-refractivity contribution >= 4 is 33.9 Å². The lowest BCUT2D eigenvalue weighted by atomic mass is 10.1. The summed E-state index contributed by atoms with van der Waals surface area (Å²) in [5, 5.41) is 12.3. The van der Waals surface area contributed by atoms with Gasteiger partial charge >= 0.3 is 5.97 Å². The molecule has 2 heterocycles. The molecule has 0 spiro atoms. The van der Waals surface area contributed by atoms with Crippen molar-refractivity contribution in [3.8, 4) is 11.1 Å². The van der Waals surface area contributed by atoms with E-state index in [1.165, 1.54) is 23.5 Å². The Bertz CT molecular complexity index is 1190. The first-order chi connectivity index (χ1) is 15.9. The first kappa shape index (κ1) is 22.4. The highest BCUT2D eigenvalue weighted by Gasteiger charge is 2.24. The first-order valence-electron chi connectivity index (χ1n) is 10.2. The van der Waals surface area contributed by atoms with Crippen LogP contribution in [0.2, 0.25) is 0 Å². The minimum absolute atomic E-state index is 0.0117. The third-order valence-electron chi connectivity index (χ3n) is 5.22. The van der Waals surface area contributed by atoms with Gasteiger partial charge in [0.1, 0.15) is 11.5 Å². The number of ether oxygens (including phenoxy) is 2. The van der Waals surface area contributed by atoms with Crippen molar-refractivity contribution in [2.75, 3.05) is 31.2 Å². The van der Waals surface area contributed by atoms with Crippen LogP contribution in [0.5, 0.6) is 0 Å². The number of hydrogen-bond donors (Lipinski definition) is 1. The van der Waals surface area contributed by atoms with E-state index >= 15 is 0 Å². The Morgan fingerprint density at radius 2 is 1.85 bits per heavy atom. The summed E-state index contributed by atoms with van der Waals surface area (Å²) >= 11 is 1.32. The lowest BCUT2D eigenvalue weighted by Gasteiger charge is -2.28. The van der Waals surface area contributed by atoms with E-state index < -0.39 is 16.8 Å². The highest BCUT2D eigenvalue weighted by Crippen LogP contribution is 2.39. The Hall–Kier alpha value is -3.76. The second-order valence-electron chi connectivity index (χ2n) is 7.34. The lowest BCUT2D eigenvalue weighted by molar-refractivity contribution is -0.385. The number of benzene rings is 2. The maximum atomic E-state index is 12.9. The number of esters is 1. The van der Waals surface area contributed by atoms with Crippen LogP contribution >= 0.6 is 11.3 Å². The first-order valence-corrected chi connectivity index (χ1v) is 11.0. The number of primary amides is 1. The molecule has 0 atom stereocenters. The van der Waals surface area contributed by atoms with E-state index in [-0.39, 0.29) is 23.4 Å². The number of nitro groups is 1. The van der Waals surface area contributed by atoms with Gasteiger partial charge in [0.15, 0.2) is 0 Å². The maximum Gasteiger partial charge on any atom is 0.348 e. The summed E-state index contributed by atoms with van der Waals surface area (Å²) in [6, 6.07) is 15.4. The van der Waals surface area contributed by atoms with Crippen LogP contribution in [0.15, 0.2) is 54.6 Å². The number of nitrogens with two attached hydrogens (primary N) is 1. The molecular formula is C23H21N3O6S. The van der Waals surface area contributed by atoms with E-state index in [1.54, 1.807) is 6.07 Å². The van der Waals surface area contributed by atoms with Crippen molar-refractivity contribution in [2.24, 2.45) is 5.73 Å². The van der Waals surface area contributed by atoms with Crippen molar-refractivity contribution in [1.29, 1.82) is 0 Å². The van der Waals surface area contributed by atoms with Crippen LogP contribution in [-0.4, -0.2) is 43.1 Å². The zero-order valence-corrected chi connectivity index (χ0v) is 18.4. The molecule has 1 amide bonds. The summed E-state index contributed by atoms with van der Waals surface area (Å²) in [4.78, 5) is 37.5. The minimum atomic E-state index is -0.774. The molecule has 1 aromatic heterocycles. The predicted molar refractivity (Wildman–Crippen MR) is 124 cm³/mol. The van der Waals surface area contributed by atoms with Crippen molar-refractivity contribution in [1.82, 2.24) is 0 Å². The number of amides is 1. The van der Waals surface area contributed by atoms with Gasteiger partial charge in [-0.15, -0.1) is 11.3 Å². The van der Waals surface area contributed by atoms with Gasteiger partial charge in [0.25, 0.3) is 5.69 Å². The summed E-state index contributed by atoms with van der Waals surface area (Å²) in [5.74, 6) is -1.35. The molecule has 170 valence electrons. The average molecular weight is 468 g/mol. The van der Waals surface area contributed by atoms with E-state index in [1.807, 2.05) is 30.3 Å².